The van der Waals surface area contributed by atoms with E-state index in [0.717, 1.165) is 17.7 Å². The Kier molecular flexibility index (Phi) is 6.23. The zero-order valence-electron chi connectivity index (χ0n) is 19.3. The minimum atomic E-state index is -4.42. The second kappa shape index (κ2) is 9.26. The average Bonchev–Trinajstić information content (AvgIpc) is 3.61. The number of aromatic carboxylic acids is 1. The number of pyridine rings is 1. The molecule has 37 heavy (non-hydrogen) atoms. The Bertz CT molecular complexity index is 1350. The molecular weight excluding hydrogens is 509 g/mol. The van der Waals surface area contributed by atoms with Gasteiger partial charge in [0.05, 0.1) is 33.3 Å². The Morgan fingerprint density at radius 1 is 1.08 bits per heavy atom. The van der Waals surface area contributed by atoms with Gasteiger partial charge in [0.25, 0.3) is 5.91 Å². The van der Waals surface area contributed by atoms with Crippen LogP contribution in [0.15, 0.2) is 60.8 Å². The SMILES string of the molecule is O=C(O)c1ccc(C2(NC(=O)c3cc(Cl)cnc3N3CC(Nc4cccc(C(F)(F)F)c4)C3)CC2)cc1. The minimum absolute atomic E-state index is 0.126. The van der Waals surface area contributed by atoms with Gasteiger partial charge in [-0.15, -0.1) is 0 Å². The number of nitrogens with zero attached hydrogens (tertiary/aromatic N) is 2. The van der Waals surface area contributed by atoms with Crippen molar-refractivity contribution >= 4 is 35.0 Å². The number of carboxylic acids is 1. The Balaban J connectivity index is 1.28. The maximum Gasteiger partial charge on any atom is 0.416 e. The van der Waals surface area contributed by atoms with Crippen molar-refractivity contribution in [3.05, 3.63) is 88.1 Å². The van der Waals surface area contributed by atoms with Gasteiger partial charge in [0.1, 0.15) is 5.82 Å². The summed E-state index contributed by atoms with van der Waals surface area (Å²) in [7, 11) is 0. The largest absolute Gasteiger partial charge is 0.478 e. The van der Waals surface area contributed by atoms with Gasteiger partial charge < -0.3 is 20.6 Å². The van der Waals surface area contributed by atoms with Gasteiger partial charge in [-0.05, 0) is 54.8 Å². The normalized spacial score (nSPS) is 16.6. The molecule has 2 aromatic carbocycles. The van der Waals surface area contributed by atoms with Gasteiger partial charge in [-0.1, -0.05) is 29.8 Å². The number of anilines is 2. The van der Waals surface area contributed by atoms with E-state index in [0.29, 0.717) is 48.0 Å². The Morgan fingerprint density at radius 2 is 1.78 bits per heavy atom. The monoisotopic (exact) mass is 530 g/mol. The van der Waals surface area contributed by atoms with Crippen molar-refractivity contribution in [2.75, 3.05) is 23.3 Å². The molecule has 7 nitrogen and oxygen atoms in total. The maximum absolute atomic E-state index is 13.3. The first-order chi connectivity index (χ1) is 17.5. The van der Waals surface area contributed by atoms with Crippen LogP contribution in [0.5, 0.6) is 0 Å². The summed E-state index contributed by atoms with van der Waals surface area (Å²) in [5, 5.41) is 15.6. The molecule has 11 heteroatoms. The molecule has 2 heterocycles. The molecule has 0 bridgehead atoms. The van der Waals surface area contributed by atoms with Crippen LogP contribution in [-0.4, -0.2) is 41.1 Å². The first-order valence-corrected chi connectivity index (χ1v) is 11.9. The molecule has 192 valence electrons. The van der Waals surface area contributed by atoms with Crippen LogP contribution in [0.3, 0.4) is 0 Å². The van der Waals surface area contributed by atoms with E-state index < -0.39 is 23.2 Å². The summed E-state index contributed by atoms with van der Waals surface area (Å²) in [4.78, 5) is 30.7. The van der Waals surface area contributed by atoms with Gasteiger partial charge in [0, 0.05) is 25.0 Å². The van der Waals surface area contributed by atoms with E-state index in [9.17, 15) is 22.8 Å². The molecule has 1 aliphatic heterocycles. The molecule has 1 saturated carbocycles. The van der Waals surface area contributed by atoms with Crippen LogP contribution < -0.4 is 15.5 Å². The fourth-order valence-electron chi connectivity index (χ4n) is 4.44. The molecule has 1 aromatic heterocycles. The zero-order chi connectivity index (χ0) is 26.4. The number of hydrogen-bond donors (Lipinski definition) is 3. The van der Waals surface area contributed by atoms with Gasteiger partial charge in [-0.3, -0.25) is 4.79 Å². The van der Waals surface area contributed by atoms with Gasteiger partial charge in [0.15, 0.2) is 0 Å². The van der Waals surface area contributed by atoms with Crippen molar-refractivity contribution in [3.8, 4) is 0 Å². The summed E-state index contributed by atoms with van der Waals surface area (Å²) in [6, 6.07) is 12.9. The Hall–Kier alpha value is -3.79. The predicted octanol–water partition coefficient (Wildman–Crippen LogP) is 5.17. The number of hydrogen-bond acceptors (Lipinski definition) is 5. The predicted molar refractivity (Wildman–Crippen MR) is 132 cm³/mol. The quantitative estimate of drug-likeness (QED) is 0.390. The lowest BCUT2D eigenvalue weighted by atomic mass is 10.0. The lowest BCUT2D eigenvalue weighted by Crippen LogP contribution is -2.55. The minimum Gasteiger partial charge on any atom is -0.478 e. The summed E-state index contributed by atoms with van der Waals surface area (Å²) in [5.74, 6) is -0.953. The number of carbonyl (C=O) groups is 2. The van der Waals surface area contributed by atoms with Crippen molar-refractivity contribution in [2.45, 2.75) is 30.6 Å². The molecule has 5 rings (SSSR count). The number of rotatable bonds is 7. The van der Waals surface area contributed by atoms with Crippen LogP contribution >= 0.6 is 11.6 Å². The zero-order valence-corrected chi connectivity index (χ0v) is 20.1. The summed E-state index contributed by atoms with van der Waals surface area (Å²) >= 11 is 6.14. The second-order valence-electron chi connectivity index (χ2n) is 9.27. The first kappa shape index (κ1) is 24.9. The molecule has 1 amide bonds. The van der Waals surface area contributed by atoms with Crippen molar-refractivity contribution in [1.82, 2.24) is 10.3 Å². The van der Waals surface area contributed by atoms with Crippen molar-refractivity contribution in [3.63, 3.8) is 0 Å². The van der Waals surface area contributed by atoms with Crippen molar-refractivity contribution in [1.29, 1.82) is 0 Å². The molecule has 0 radical (unpaired) electrons. The van der Waals surface area contributed by atoms with Gasteiger partial charge in [-0.25, -0.2) is 9.78 Å². The fraction of sp³-hybridized carbons (Fsp3) is 0.269. The smallest absolute Gasteiger partial charge is 0.416 e. The van der Waals surface area contributed by atoms with Crippen LogP contribution in [-0.2, 0) is 11.7 Å². The van der Waals surface area contributed by atoms with Crippen LogP contribution in [0.4, 0.5) is 24.7 Å². The Labute approximate surface area is 215 Å². The topological polar surface area (TPSA) is 94.6 Å². The van der Waals surface area contributed by atoms with E-state index >= 15 is 0 Å². The third-order valence-electron chi connectivity index (χ3n) is 6.61. The van der Waals surface area contributed by atoms with E-state index in [1.54, 1.807) is 18.2 Å². The molecular formula is C26H22ClF3N4O3. The molecule has 3 N–H and O–H groups in total. The standard InChI is InChI=1S/C26H22ClF3N4O3/c27-18-11-21(23(35)33-25(8-9-25)16-6-4-15(5-7-16)24(36)37)22(31-12-18)34-13-20(14-34)32-19-3-1-2-17(10-19)26(28,29)30/h1-7,10-12,20,32H,8-9,13-14H2,(H,33,35)(H,36,37). The highest BCUT2D eigenvalue weighted by atomic mass is 35.5. The number of amides is 1. The van der Waals surface area contributed by atoms with Crippen molar-refractivity contribution in [2.24, 2.45) is 0 Å². The molecule has 2 fully saturated rings. The third-order valence-corrected chi connectivity index (χ3v) is 6.81. The highest BCUT2D eigenvalue weighted by Crippen LogP contribution is 2.46. The molecule has 0 unspecified atom stereocenters. The highest BCUT2D eigenvalue weighted by molar-refractivity contribution is 6.31. The highest BCUT2D eigenvalue weighted by Gasteiger charge is 2.46. The Morgan fingerprint density at radius 3 is 2.41 bits per heavy atom. The fourth-order valence-corrected chi connectivity index (χ4v) is 4.60. The lowest BCUT2D eigenvalue weighted by Gasteiger charge is -2.41. The number of aromatic nitrogens is 1. The van der Waals surface area contributed by atoms with E-state index in [-0.39, 0.29) is 17.5 Å². The van der Waals surface area contributed by atoms with E-state index in [1.807, 2.05) is 4.90 Å². The lowest BCUT2D eigenvalue weighted by molar-refractivity contribution is -0.137. The first-order valence-electron chi connectivity index (χ1n) is 11.5. The van der Waals surface area contributed by atoms with E-state index in [4.69, 9.17) is 16.7 Å². The average molecular weight is 531 g/mol. The van der Waals surface area contributed by atoms with Crippen LogP contribution in [0, 0.1) is 0 Å². The molecule has 3 aromatic rings. The van der Waals surface area contributed by atoms with Crippen LogP contribution in [0.1, 0.15) is 44.7 Å². The number of carboxylic acid groups (broad SMARTS) is 1. The summed E-state index contributed by atoms with van der Waals surface area (Å²) in [6.45, 7) is 0.875. The van der Waals surface area contributed by atoms with Gasteiger partial charge in [-0.2, -0.15) is 13.2 Å². The number of nitrogens with one attached hydrogen (secondary N) is 2. The summed E-state index contributed by atoms with van der Waals surface area (Å²) in [6.07, 6.45) is -1.56. The van der Waals surface area contributed by atoms with E-state index in [1.165, 1.54) is 30.5 Å². The molecule has 2 aliphatic rings. The number of halogens is 4. The summed E-state index contributed by atoms with van der Waals surface area (Å²) < 4.78 is 39.0. The van der Waals surface area contributed by atoms with Gasteiger partial charge in [0.2, 0.25) is 0 Å². The van der Waals surface area contributed by atoms with Crippen LogP contribution in [0.2, 0.25) is 5.02 Å². The number of benzene rings is 2. The van der Waals surface area contributed by atoms with E-state index in [2.05, 4.69) is 15.6 Å². The number of carbonyl (C=O) groups excluding carboxylic acids is 1. The molecule has 1 saturated heterocycles. The third kappa shape index (κ3) is 5.20. The molecule has 1 aliphatic carbocycles. The van der Waals surface area contributed by atoms with Crippen molar-refractivity contribution < 1.29 is 27.9 Å². The molecule has 0 atom stereocenters. The molecule has 0 spiro atoms. The van der Waals surface area contributed by atoms with Crippen LogP contribution in [0.25, 0.3) is 0 Å². The maximum atomic E-state index is 13.3. The van der Waals surface area contributed by atoms with Gasteiger partial charge >= 0.3 is 12.1 Å². The summed E-state index contributed by atoms with van der Waals surface area (Å²) in [5.41, 5.74) is 0.328. The number of alkyl halides is 3. The second-order valence-corrected chi connectivity index (χ2v) is 9.70.